The first-order valence-corrected chi connectivity index (χ1v) is 10.9. The van der Waals surface area contributed by atoms with Gasteiger partial charge in [0.15, 0.2) is 0 Å². The number of ether oxygens (including phenoxy) is 1. The summed E-state index contributed by atoms with van der Waals surface area (Å²) >= 11 is 0. The zero-order chi connectivity index (χ0) is 19.8. The first-order chi connectivity index (χ1) is 14.3. The second-order valence-electron chi connectivity index (χ2n) is 8.53. The zero-order valence-electron chi connectivity index (χ0n) is 17.1. The van der Waals surface area contributed by atoms with E-state index >= 15 is 0 Å². The predicted molar refractivity (Wildman–Crippen MR) is 116 cm³/mol. The maximum absolute atomic E-state index is 13.7. The minimum absolute atomic E-state index is 0.205. The van der Waals surface area contributed by atoms with Crippen LogP contribution in [0.3, 0.4) is 0 Å². The van der Waals surface area contributed by atoms with E-state index in [1.54, 1.807) is 7.11 Å². The Bertz CT molecular complexity index is 983. The average Bonchev–Trinajstić information content (AvgIpc) is 3.30. The van der Waals surface area contributed by atoms with Gasteiger partial charge in [-0.1, -0.05) is 6.07 Å². The van der Waals surface area contributed by atoms with Crippen molar-refractivity contribution in [2.45, 2.75) is 57.2 Å². The van der Waals surface area contributed by atoms with Crippen LogP contribution in [0.25, 0.3) is 10.9 Å². The number of rotatable bonds is 7. The molecule has 5 nitrogen and oxygen atoms in total. The standard InChI is InChI=1S/C24H29N3O2/c1-29-13-3-11-26-12-10-21-22(4-2-5-23(21)26)24(28)27(19-8-9-19)20-7-6-17-15-25-16-18(17)14-20/h2,4-5,10,12,16,19-20H,3,6-9,11,13-15H2,1H3. The van der Waals surface area contributed by atoms with Crippen LogP contribution in [0.2, 0.25) is 0 Å². The molecular formula is C24H29N3O2. The zero-order valence-corrected chi connectivity index (χ0v) is 17.1. The molecule has 0 bridgehead atoms. The average molecular weight is 392 g/mol. The molecule has 2 aromatic rings. The van der Waals surface area contributed by atoms with Crippen molar-refractivity contribution in [2.24, 2.45) is 4.99 Å². The van der Waals surface area contributed by atoms with E-state index in [4.69, 9.17) is 4.74 Å². The number of methoxy groups -OCH3 is 1. The summed E-state index contributed by atoms with van der Waals surface area (Å²) in [6.07, 6.45) is 10.5. The lowest BCUT2D eigenvalue weighted by Crippen LogP contribution is -2.43. The molecule has 29 heavy (non-hydrogen) atoms. The highest BCUT2D eigenvalue weighted by atomic mass is 16.5. The van der Waals surface area contributed by atoms with Crippen LogP contribution < -0.4 is 0 Å². The summed E-state index contributed by atoms with van der Waals surface area (Å²) in [7, 11) is 1.73. The number of aryl methyl sites for hydroxylation is 1. The number of hydrogen-bond donors (Lipinski definition) is 0. The molecule has 1 saturated carbocycles. The predicted octanol–water partition coefficient (Wildman–Crippen LogP) is 4.22. The summed E-state index contributed by atoms with van der Waals surface area (Å²) in [4.78, 5) is 20.4. The van der Waals surface area contributed by atoms with Crippen molar-refractivity contribution in [3.63, 3.8) is 0 Å². The van der Waals surface area contributed by atoms with Gasteiger partial charge in [0, 0.05) is 61.2 Å². The quantitative estimate of drug-likeness (QED) is 0.664. The van der Waals surface area contributed by atoms with Gasteiger partial charge in [0.25, 0.3) is 5.91 Å². The third-order valence-electron chi connectivity index (χ3n) is 6.58. The van der Waals surface area contributed by atoms with E-state index in [0.29, 0.717) is 12.1 Å². The second-order valence-corrected chi connectivity index (χ2v) is 8.53. The van der Waals surface area contributed by atoms with E-state index in [1.807, 2.05) is 18.3 Å². The number of benzene rings is 1. The van der Waals surface area contributed by atoms with Gasteiger partial charge in [-0.15, -0.1) is 0 Å². The Morgan fingerprint density at radius 3 is 2.97 bits per heavy atom. The summed E-state index contributed by atoms with van der Waals surface area (Å²) in [5.41, 5.74) is 4.85. The van der Waals surface area contributed by atoms with Crippen molar-refractivity contribution < 1.29 is 9.53 Å². The fourth-order valence-corrected chi connectivity index (χ4v) is 4.94. The molecule has 1 amide bonds. The third kappa shape index (κ3) is 3.52. The molecule has 1 unspecified atom stereocenters. The highest BCUT2D eigenvalue weighted by molar-refractivity contribution is 6.07. The molecule has 0 radical (unpaired) electrons. The van der Waals surface area contributed by atoms with Crippen LogP contribution >= 0.6 is 0 Å². The van der Waals surface area contributed by atoms with E-state index in [2.05, 4.69) is 32.8 Å². The molecule has 1 fully saturated rings. The lowest BCUT2D eigenvalue weighted by Gasteiger charge is -2.35. The number of hydrogen-bond acceptors (Lipinski definition) is 3. The Morgan fingerprint density at radius 2 is 2.14 bits per heavy atom. The maximum atomic E-state index is 13.7. The fourth-order valence-electron chi connectivity index (χ4n) is 4.94. The Morgan fingerprint density at radius 1 is 1.24 bits per heavy atom. The maximum Gasteiger partial charge on any atom is 0.255 e. The van der Waals surface area contributed by atoms with Crippen molar-refractivity contribution in [1.29, 1.82) is 0 Å². The summed E-state index contributed by atoms with van der Waals surface area (Å²) in [5.74, 6) is 0.205. The van der Waals surface area contributed by atoms with Crippen LogP contribution in [0.5, 0.6) is 0 Å². The minimum atomic E-state index is 0.205. The molecule has 2 heterocycles. The summed E-state index contributed by atoms with van der Waals surface area (Å²) < 4.78 is 7.42. The van der Waals surface area contributed by atoms with Gasteiger partial charge in [0.1, 0.15) is 0 Å². The molecule has 5 rings (SSSR count). The van der Waals surface area contributed by atoms with Crippen LogP contribution in [-0.2, 0) is 11.3 Å². The van der Waals surface area contributed by atoms with Gasteiger partial charge in [-0.05, 0) is 67.9 Å². The molecular weight excluding hydrogens is 362 g/mol. The normalized spacial score (nSPS) is 21.1. The van der Waals surface area contributed by atoms with Gasteiger partial charge in [0.2, 0.25) is 0 Å². The van der Waals surface area contributed by atoms with Crippen molar-refractivity contribution >= 4 is 23.0 Å². The fraction of sp³-hybridized carbons (Fsp3) is 0.500. The summed E-state index contributed by atoms with van der Waals surface area (Å²) in [6.45, 7) is 2.52. The van der Waals surface area contributed by atoms with Gasteiger partial charge < -0.3 is 14.2 Å². The highest BCUT2D eigenvalue weighted by Gasteiger charge is 2.39. The van der Waals surface area contributed by atoms with E-state index in [9.17, 15) is 4.79 Å². The Kier molecular flexibility index (Phi) is 5.00. The Labute approximate surface area is 172 Å². The molecule has 0 spiro atoms. The number of carbonyl (C=O) groups excluding carboxylic acids is 1. The van der Waals surface area contributed by atoms with Gasteiger partial charge in [-0.25, -0.2) is 0 Å². The molecule has 3 aliphatic rings. The highest BCUT2D eigenvalue weighted by Crippen LogP contribution is 2.38. The van der Waals surface area contributed by atoms with Gasteiger partial charge in [0.05, 0.1) is 6.54 Å². The molecule has 1 atom stereocenters. The van der Waals surface area contributed by atoms with Gasteiger partial charge in [-0.2, -0.15) is 0 Å². The Hall–Kier alpha value is -2.40. The van der Waals surface area contributed by atoms with Crippen LogP contribution in [0, 0.1) is 0 Å². The summed E-state index contributed by atoms with van der Waals surface area (Å²) in [6, 6.07) is 8.96. The molecule has 2 aliphatic carbocycles. The second kappa shape index (κ2) is 7.79. The topological polar surface area (TPSA) is 46.8 Å². The van der Waals surface area contributed by atoms with Crippen molar-refractivity contribution in [1.82, 2.24) is 9.47 Å². The molecule has 0 saturated heterocycles. The monoisotopic (exact) mass is 391 g/mol. The molecule has 1 aromatic carbocycles. The third-order valence-corrected chi connectivity index (χ3v) is 6.58. The Balaban J connectivity index is 1.42. The van der Waals surface area contributed by atoms with Crippen LogP contribution in [0.1, 0.15) is 48.9 Å². The number of amides is 1. The molecule has 0 N–H and O–H groups in total. The SMILES string of the molecule is COCCCn1ccc2c(C(=O)N(C3CC3)C3CCC4=C(C=NC4)C3)cccc21. The van der Waals surface area contributed by atoms with Crippen molar-refractivity contribution in [2.75, 3.05) is 20.3 Å². The van der Waals surface area contributed by atoms with Gasteiger partial charge in [-0.3, -0.25) is 9.79 Å². The van der Waals surface area contributed by atoms with Crippen LogP contribution in [0.15, 0.2) is 46.6 Å². The minimum Gasteiger partial charge on any atom is -0.385 e. The molecule has 1 aromatic heterocycles. The lowest BCUT2D eigenvalue weighted by atomic mass is 9.88. The van der Waals surface area contributed by atoms with Crippen LogP contribution in [-0.4, -0.2) is 53.9 Å². The number of carbonyl (C=O) groups is 1. The lowest BCUT2D eigenvalue weighted by molar-refractivity contribution is 0.0647. The first kappa shape index (κ1) is 18.6. The number of fused-ring (bicyclic) bond motifs is 1. The number of nitrogens with zero attached hydrogens (tertiary/aromatic N) is 3. The van der Waals surface area contributed by atoms with Gasteiger partial charge >= 0.3 is 0 Å². The van der Waals surface area contributed by atoms with E-state index in [-0.39, 0.29) is 5.91 Å². The molecule has 5 heteroatoms. The number of aromatic nitrogens is 1. The smallest absolute Gasteiger partial charge is 0.255 e. The van der Waals surface area contributed by atoms with E-state index in [0.717, 1.165) is 74.7 Å². The van der Waals surface area contributed by atoms with Crippen LogP contribution in [0.4, 0.5) is 0 Å². The van der Waals surface area contributed by atoms with E-state index < -0.39 is 0 Å². The largest absolute Gasteiger partial charge is 0.385 e. The first-order valence-electron chi connectivity index (χ1n) is 10.9. The summed E-state index contributed by atoms with van der Waals surface area (Å²) in [5, 5.41) is 1.07. The molecule has 1 aliphatic heterocycles. The van der Waals surface area contributed by atoms with Crippen molar-refractivity contribution in [3.05, 3.63) is 47.2 Å². The molecule has 152 valence electrons. The van der Waals surface area contributed by atoms with E-state index in [1.165, 1.54) is 11.1 Å². The van der Waals surface area contributed by atoms with Crippen molar-refractivity contribution in [3.8, 4) is 0 Å². The number of aliphatic imine (C=N–C) groups is 1.